The Kier molecular flexibility index (Phi) is 7.80. The predicted molar refractivity (Wildman–Crippen MR) is 109 cm³/mol. The summed E-state index contributed by atoms with van der Waals surface area (Å²) >= 11 is 0. The molecule has 4 heteroatoms. The number of anilines is 1. The molecule has 4 nitrogen and oxygen atoms in total. The summed E-state index contributed by atoms with van der Waals surface area (Å²) in [6.07, 6.45) is 1.73. The third-order valence-corrected chi connectivity index (χ3v) is 4.21. The van der Waals surface area contributed by atoms with Gasteiger partial charge in [-0.25, -0.2) is 0 Å². The van der Waals surface area contributed by atoms with Crippen LogP contribution >= 0.6 is 0 Å². The van der Waals surface area contributed by atoms with E-state index in [1.54, 1.807) is 6.92 Å². The zero-order valence-corrected chi connectivity index (χ0v) is 16.2. The van der Waals surface area contributed by atoms with Crippen LogP contribution in [0.5, 0.6) is 0 Å². The summed E-state index contributed by atoms with van der Waals surface area (Å²) < 4.78 is 6.03. The normalized spacial score (nSPS) is 11.5. The summed E-state index contributed by atoms with van der Waals surface area (Å²) in [4.78, 5) is 24.0. The van der Waals surface area contributed by atoms with E-state index in [9.17, 15) is 9.59 Å². The average Bonchev–Trinajstić information content (AvgIpc) is 2.69. The van der Waals surface area contributed by atoms with Crippen molar-refractivity contribution in [2.75, 3.05) is 5.32 Å². The van der Waals surface area contributed by atoms with Gasteiger partial charge in [0.05, 0.1) is 0 Å². The topological polar surface area (TPSA) is 55.4 Å². The molecule has 142 valence electrons. The Labute approximate surface area is 161 Å². The number of benzene rings is 2. The summed E-state index contributed by atoms with van der Waals surface area (Å²) in [6, 6.07) is 17.2. The van der Waals surface area contributed by atoms with Gasteiger partial charge in [-0.1, -0.05) is 44.2 Å². The van der Waals surface area contributed by atoms with Crippen molar-refractivity contribution in [2.45, 2.75) is 46.6 Å². The average molecular weight is 365 g/mol. The minimum absolute atomic E-state index is 0.00122. The Hall–Kier alpha value is -2.88. The summed E-state index contributed by atoms with van der Waals surface area (Å²) in [5.41, 5.74) is 3.20. The highest BCUT2D eigenvalue weighted by atomic mass is 16.5. The van der Waals surface area contributed by atoms with Gasteiger partial charge in [0.1, 0.15) is 12.4 Å². The number of hydrogen-bond acceptors (Lipinski definition) is 3. The Morgan fingerprint density at radius 1 is 0.963 bits per heavy atom. The van der Waals surface area contributed by atoms with Crippen LogP contribution in [0, 0.1) is 0 Å². The lowest BCUT2D eigenvalue weighted by Gasteiger charge is -2.15. The van der Waals surface area contributed by atoms with E-state index in [1.807, 2.05) is 68.4 Å². The molecule has 0 heterocycles. The van der Waals surface area contributed by atoms with Crippen LogP contribution in [-0.2, 0) is 20.9 Å². The second kappa shape index (κ2) is 10.3. The van der Waals surface area contributed by atoms with Gasteiger partial charge >= 0.3 is 0 Å². The lowest BCUT2D eigenvalue weighted by Crippen LogP contribution is -2.10. The second-order valence-corrected chi connectivity index (χ2v) is 6.38. The van der Waals surface area contributed by atoms with Gasteiger partial charge in [-0.15, -0.1) is 0 Å². The van der Waals surface area contributed by atoms with E-state index in [4.69, 9.17) is 4.74 Å². The van der Waals surface area contributed by atoms with E-state index in [2.05, 4.69) is 5.32 Å². The highest BCUT2D eigenvalue weighted by molar-refractivity contribution is 6.00. The predicted octanol–water partition coefficient (Wildman–Crippen LogP) is 5.35. The molecule has 0 aliphatic carbocycles. The van der Waals surface area contributed by atoms with E-state index in [-0.39, 0.29) is 11.7 Å². The van der Waals surface area contributed by atoms with Crippen LogP contribution in [0.3, 0.4) is 0 Å². The third kappa shape index (κ3) is 6.10. The van der Waals surface area contributed by atoms with Crippen molar-refractivity contribution in [3.05, 3.63) is 71.3 Å². The fraction of sp³-hybridized carbons (Fsp3) is 0.304. The Bertz CT molecular complexity index is 792. The fourth-order valence-electron chi connectivity index (χ4n) is 2.69. The first-order valence-electron chi connectivity index (χ1n) is 9.36. The summed E-state index contributed by atoms with van der Waals surface area (Å²) in [5, 5.41) is 2.87. The number of hydrogen-bond donors (Lipinski definition) is 1. The molecule has 2 aromatic carbocycles. The number of Topliss-reactive ketones (excluding diaryl/α,β-unsaturated/α-hetero) is 1. The van der Waals surface area contributed by atoms with Gasteiger partial charge in [-0.05, 0) is 43.2 Å². The summed E-state index contributed by atoms with van der Waals surface area (Å²) in [6.45, 7) is 5.99. The lowest BCUT2D eigenvalue weighted by atomic mass is 10.0. The lowest BCUT2D eigenvalue weighted by molar-refractivity contribution is -0.116. The Morgan fingerprint density at radius 3 is 2.22 bits per heavy atom. The first-order chi connectivity index (χ1) is 13.0. The van der Waals surface area contributed by atoms with Gasteiger partial charge < -0.3 is 10.1 Å². The highest BCUT2D eigenvalue weighted by Crippen LogP contribution is 2.25. The number of amides is 1. The number of carbonyl (C=O) groups is 2. The van der Waals surface area contributed by atoms with E-state index >= 15 is 0 Å². The van der Waals surface area contributed by atoms with Crippen LogP contribution in [0.15, 0.2) is 60.2 Å². The molecule has 0 aliphatic heterocycles. The molecule has 0 bridgehead atoms. The van der Waals surface area contributed by atoms with Gasteiger partial charge in [0, 0.05) is 29.7 Å². The van der Waals surface area contributed by atoms with Crippen molar-refractivity contribution in [2.24, 2.45) is 0 Å². The van der Waals surface area contributed by atoms with Crippen LogP contribution in [0.1, 0.15) is 51.2 Å². The SMILES string of the molecule is CCCC(=O)Nc1ccc(/C(OCc2ccccc2)=C(/C)C(=O)CC)cc1. The third-order valence-electron chi connectivity index (χ3n) is 4.21. The van der Waals surface area contributed by atoms with E-state index in [1.165, 1.54) is 0 Å². The molecule has 0 saturated heterocycles. The molecule has 0 spiro atoms. The van der Waals surface area contributed by atoms with E-state index < -0.39 is 0 Å². The molecular formula is C23H27NO3. The van der Waals surface area contributed by atoms with Crippen molar-refractivity contribution < 1.29 is 14.3 Å². The molecule has 27 heavy (non-hydrogen) atoms. The number of carbonyl (C=O) groups excluding carboxylic acids is 2. The molecule has 0 atom stereocenters. The summed E-state index contributed by atoms with van der Waals surface area (Å²) in [5.74, 6) is 0.634. The highest BCUT2D eigenvalue weighted by Gasteiger charge is 2.14. The first-order valence-corrected chi connectivity index (χ1v) is 9.36. The standard InChI is InChI=1S/C23H27NO3/c1-4-9-22(26)24-20-14-12-19(13-15-20)23(17(3)21(25)5-2)27-16-18-10-7-6-8-11-18/h6-8,10-15H,4-5,9,16H2,1-3H3,(H,24,26)/b23-17+. The number of ether oxygens (including phenoxy) is 1. The van der Waals surface area contributed by atoms with Crippen molar-refractivity contribution in [1.29, 1.82) is 0 Å². The zero-order chi connectivity index (χ0) is 19.6. The number of ketones is 1. The second-order valence-electron chi connectivity index (χ2n) is 6.38. The number of allylic oxidation sites excluding steroid dienone is 1. The minimum Gasteiger partial charge on any atom is -0.488 e. The molecule has 0 saturated carbocycles. The molecule has 0 aliphatic rings. The van der Waals surface area contributed by atoms with Gasteiger partial charge in [0.25, 0.3) is 0 Å². The monoisotopic (exact) mass is 365 g/mol. The van der Waals surface area contributed by atoms with Gasteiger partial charge in [0.2, 0.25) is 5.91 Å². The number of nitrogens with one attached hydrogen (secondary N) is 1. The molecule has 2 rings (SSSR count). The maximum absolute atomic E-state index is 12.2. The van der Waals surface area contributed by atoms with Gasteiger partial charge in [-0.3, -0.25) is 9.59 Å². The van der Waals surface area contributed by atoms with Crippen LogP contribution in [-0.4, -0.2) is 11.7 Å². The minimum atomic E-state index is -0.00122. The quantitative estimate of drug-likeness (QED) is 0.481. The molecule has 0 fully saturated rings. The zero-order valence-electron chi connectivity index (χ0n) is 16.2. The molecule has 1 amide bonds. The van der Waals surface area contributed by atoms with Crippen LogP contribution in [0.25, 0.3) is 5.76 Å². The van der Waals surface area contributed by atoms with Gasteiger partial charge in [-0.2, -0.15) is 0 Å². The largest absolute Gasteiger partial charge is 0.488 e. The molecule has 0 radical (unpaired) electrons. The van der Waals surface area contributed by atoms with Crippen molar-refractivity contribution >= 4 is 23.1 Å². The molecule has 0 unspecified atom stereocenters. The smallest absolute Gasteiger partial charge is 0.224 e. The van der Waals surface area contributed by atoms with E-state index in [0.29, 0.717) is 30.8 Å². The van der Waals surface area contributed by atoms with E-state index in [0.717, 1.165) is 23.2 Å². The maximum atomic E-state index is 12.2. The maximum Gasteiger partial charge on any atom is 0.224 e. The first kappa shape index (κ1) is 20.4. The molecule has 2 aromatic rings. The molecule has 0 aromatic heterocycles. The summed E-state index contributed by atoms with van der Waals surface area (Å²) in [7, 11) is 0. The van der Waals surface area contributed by atoms with Crippen LogP contribution < -0.4 is 5.32 Å². The molecule has 1 N–H and O–H groups in total. The fourth-order valence-corrected chi connectivity index (χ4v) is 2.69. The Balaban J connectivity index is 2.22. The van der Waals surface area contributed by atoms with Crippen molar-refractivity contribution in [3.8, 4) is 0 Å². The van der Waals surface area contributed by atoms with Gasteiger partial charge in [0.15, 0.2) is 5.78 Å². The molecular weight excluding hydrogens is 338 g/mol. The number of rotatable bonds is 9. The van der Waals surface area contributed by atoms with Crippen molar-refractivity contribution in [3.63, 3.8) is 0 Å². The van der Waals surface area contributed by atoms with Crippen molar-refractivity contribution in [1.82, 2.24) is 0 Å². The van der Waals surface area contributed by atoms with Crippen LogP contribution in [0.4, 0.5) is 5.69 Å². The van der Waals surface area contributed by atoms with Crippen LogP contribution in [0.2, 0.25) is 0 Å². The Morgan fingerprint density at radius 2 is 1.63 bits per heavy atom.